The number of methoxy groups -OCH3 is 1. The molecule has 3 aromatic rings. The van der Waals surface area contributed by atoms with Gasteiger partial charge in [-0.2, -0.15) is 0 Å². The molecule has 1 unspecified atom stereocenters. The minimum absolute atomic E-state index is 0.0959. The topological polar surface area (TPSA) is 63.0 Å². The molecular formula is C19H17NO5. The molecule has 0 N–H and O–H groups in total. The fourth-order valence-electron chi connectivity index (χ4n) is 2.68. The Bertz CT molecular complexity index is 843. The molecule has 1 aliphatic rings. The van der Waals surface area contributed by atoms with Crippen LogP contribution in [-0.2, 0) is 4.74 Å². The third-order valence-electron chi connectivity index (χ3n) is 3.89. The molecule has 0 bridgehead atoms. The number of hydrogen-bond acceptors (Lipinski definition) is 6. The fraction of sp³-hybridized carbons (Fsp3) is 0.211. The summed E-state index contributed by atoms with van der Waals surface area (Å²) in [5.74, 6) is 2.66. The normalized spacial score (nSPS) is 15.5. The molecule has 25 heavy (non-hydrogen) atoms. The summed E-state index contributed by atoms with van der Waals surface area (Å²) in [5, 5.41) is 3.84. The zero-order chi connectivity index (χ0) is 17.1. The molecule has 0 aliphatic carbocycles. The number of ether oxygens (including phenoxy) is 4. The molecule has 1 aromatic heterocycles. The molecule has 0 fully saturated rings. The summed E-state index contributed by atoms with van der Waals surface area (Å²) in [4.78, 5) is 0. The number of aromatic nitrogens is 1. The highest BCUT2D eigenvalue weighted by Crippen LogP contribution is 2.35. The molecule has 0 saturated carbocycles. The van der Waals surface area contributed by atoms with Gasteiger partial charge >= 0.3 is 0 Å². The first-order valence-corrected chi connectivity index (χ1v) is 7.91. The van der Waals surface area contributed by atoms with Crippen LogP contribution in [0.25, 0.3) is 11.3 Å². The minimum atomic E-state index is -0.0959. The monoisotopic (exact) mass is 339 g/mol. The predicted octanol–water partition coefficient (Wildman–Crippen LogP) is 3.84. The lowest BCUT2D eigenvalue weighted by Gasteiger charge is -2.12. The molecule has 0 saturated heterocycles. The van der Waals surface area contributed by atoms with Gasteiger partial charge in [-0.05, 0) is 35.5 Å². The van der Waals surface area contributed by atoms with Gasteiger partial charge in [0.1, 0.15) is 18.1 Å². The van der Waals surface area contributed by atoms with Gasteiger partial charge in [0.05, 0.1) is 0 Å². The Morgan fingerprint density at radius 2 is 1.96 bits per heavy atom. The molecule has 6 heteroatoms. The lowest BCUT2D eigenvalue weighted by Crippen LogP contribution is -2.08. The maximum atomic E-state index is 6.04. The van der Waals surface area contributed by atoms with Gasteiger partial charge in [0.15, 0.2) is 18.7 Å². The summed E-state index contributed by atoms with van der Waals surface area (Å²) < 4.78 is 27.0. The Labute approximate surface area is 144 Å². The van der Waals surface area contributed by atoms with Gasteiger partial charge in [-0.3, -0.25) is 0 Å². The lowest BCUT2D eigenvalue weighted by molar-refractivity contribution is 0.0453. The van der Waals surface area contributed by atoms with Gasteiger partial charge in [0, 0.05) is 24.3 Å². The number of nitrogens with zero attached hydrogens (tertiary/aromatic N) is 1. The van der Waals surface area contributed by atoms with E-state index in [1.54, 1.807) is 13.2 Å². The standard InChI is InChI=1S/C19H17NO5/c1-21-12-23-19-10-17(25-20-19)13-6-8-14(9-7-13)24-18-11-22-16-5-3-2-4-15(16)18/h2-10,18H,11-12H2,1H3. The quantitative estimate of drug-likeness (QED) is 0.636. The van der Waals surface area contributed by atoms with Crippen LogP contribution in [0.1, 0.15) is 11.7 Å². The van der Waals surface area contributed by atoms with Crippen molar-refractivity contribution in [3.8, 4) is 28.7 Å². The lowest BCUT2D eigenvalue weighted by atomic mass is 10.1. The first kappa shape index (κ1) is 15.5. The van der Waals surface area contributed by atoms with E-state index in [0.29, 0.717) is 18.2 Å². The molecule has 1 aliphatic heterocycles. The van der Waals surface area contributed by atoms with E-state index < -0.39 is 0 Å². The van der Waals surface area contributed by atoms with Crippen molar-refractivity contribution in [3.05, 3.63) is 60.2 Å². The Morgan fingerprint density at radius 1 is 1.12 bits per heavy atom. The highest BCUT2D eigenvalue weighted by molar-refractivity contribution is 5.59. The van der Waals surface area contributed by atoms with E-state index in [2.05, 4.69) is 5.16 Å². The molecule has 2 heterocycles. The summed E-state index contributed by atoms with van der Waals surface area (Å²) in [5.41, 5.74) is 1.96. The van der Waals surface area contributed by atoms with Gasteiger partial charge in [-0.15, -0.1) is 0 Å². The largest absolute Gasteiger partial charge is 0.489 e. The fourth-order valence-corrected chi connectivity index (χ4v) is 2.68. The SMILES string of the molecule is COCOc1cc(-c2ccc(OC3COc4ccccc43)cc2)on1. The Balaban J connectivity index is 1.45. The van der Waals surface area contributed by atoms with Crippen LogP contribution in [0.2, 0.25) is 0 Å². The maximum absolute atomic E-state index is 6.04. The minimum Gasteiger partial charge on any atom is -0.489 e. The van der Waals surface area contributed by atoms with Crippen LogP contribution in [0.5, 0.6) is 17.4 Å². The van der Waals surface area contributed by atoms with Crippen molar-refractivity contribution in [1.82, 2.24) is 5.16 Å². The summed E-state index contributed by atoms with van der Waals surface area (Å²) in [6, 6.07) is 17.3. The van der Waals surface area contributed by atoms with Crippen LogP contribution >= 0.6 is 0 Å². The Morgan fingerprint density at radius 3 is 2.80 bits per heavy atom. The van der Waals surface area contributed by atoms with Crippen LogP contribution < -0.4 is 14.2 Å². The third kappa shape index (κ3) is 3.29. The van der Waals surface area contributed by atoms with Crippen molar-refractivity contribution in [2.45, 2.75) is 6.10 Å². The van der Waals surface area contributed by atoms with E-state index in [9.17, 15) is 0 Å². The first-order valence-electron chi connectivity index (χ1n) is 7.91. The van der Waals surface area contributed by atoms with Crippen LogP contribution in [0, 0.1) is 0 Å². The Hall–Kier alpha value is -2.99. The van der Waals surface area contributed by atoms with Crippen molar-refractivity contribution >= 4 is 0 Å². The second kappa shape index (κ2) is 6.86. The van der Waals surface area contributed by atoms with Gasteiger partial charge in [0.2, 0.25) is 0 Å². The van der Waals surface area contributed by atoms with Crippen LogP contribution in [-0.4, -0.2) is 25.7 Å². The van der Waals surface area contributed by atoms with E-state index in [0.717, 1.165) is 22.6 Å². The third-order valence-corrected chi connectivity index (χ3v) is 3.89. The second-order valence-electron chi connectivity index (χ2n) is 5.56. The van der Waals surface area contributed by atoms with Crippen LogP contribution in [0.3, 0.4) is 0 Å². The van der Waals surface area contributed by atoms with Crippen molar-refractivity contribution in [3.63, 3.8) is 0 Å². The highest BCUT2D eigenvalue weighted by atomic mass is 16.7. The van der Waals surface area contributed by atoms with E-state index in [4.69, 9.17) is 23.5 Å². The van der Waals surface area contributed by atoms with E-state index in [1.807, 2.05) is 48.5 Å². The maximum Gasteiger partial charge on any atom is 0.256 e. The molecule has 0 amide bonds. The zero-order valence-corrected chi connectivity index (χ0v) is 13.7. The van der Waals surface area contributed by atoms with E-state index in [1.165, 1.54) is 0 Å². The predicted molar refractivity (Wildman–Crippen MR) is 89.7 cm³/mol. The molecule has 4 rings (SSSR count). The Kier molecular flexibility index (Phi) is 4.26. The number of hydrogen-bond donors (Lipinski definition) is 0. The van der Waals surface area contributed by atoms with E-state index in [-0.39, 0.29) is 12.9 Å². The van der Waals surface area contributed by atoms with Crippen molar-refractivity contribution in [2.75, 3.05) is 20.5 Å². The van der Waals surface area contributed by atoms with E-state index >= 15 is 0 Å². The molecule has 0 radical (unpaired) electrons. The second-order valence-corrected chi connectivity index (χ2v) is 5.56. The average molecular weight is 339 g/mol. The molecule has 0 spiro atoms. The first-order chi connectivity index (χ1) is 12.3. The number of fused-ring (bicyclic) bond motifs is 1. The number of rotatable bonds is 6. The van der Waals surface area contributed by atoms with Crippen LogP contribution in [0.4, 0.5) is 0 Å². The van der Waals surface area contributed by atoms with Gasteiger partial charge in [0.25, 0.3) is 5.88 Å². The molecule has 128 valence electrons. The number of para-hydroxylation sites is 1. The zero-order valence-electron chi connectivity index (χ0n) is 13.7. The number of benzene rings is 2. The van der Waals surface area contributed by atoms with Crippen molar-refractivity contribution in [1.29, 1.82) is 0 Å². The summed E-state index contributed by atoms with van der Waals surface area (Å²) >= 11 is 0. The van der Waals surface area contributed by atoms with Gasteiger partial charge in [-0.25, -0.2) is 0 Å². The molecule has 2 aromatic carbocycles. The average Bonchev–Trinajstić information content (AvgIpc) is 3.28. The summed E-state index contributed by atoms with van der Waals surface area (Å²) in [7, 11) is 1.55. The van der Waals surface area contributed by atoms with Crippen molar-refractivity contribution in [2.24, 2.45) is 0 Å². The van der Waals surface area contributed by atoms with Gasteiger partial charge < -0.3 is 23.5 Å². The van der Waals surface area contributed by atoms with Crippen LogP contribution in [0.15, 0.2) is 59.1 Å². The molecule has 1 atom stereocenters. The molecular weight excluding hydrogens is 322 g/mol. The highest BCUT2D eigenvalue weighted by Gasteiger charge is 2.25. The summed E-state index contributed by atoms with van der Waals surface area (Å²) in [6.45, 7) is 0.646. The van der Waals surface area contributed by atoms with Crippen molar-refractivity contribution < 1.29 is 23.5 Å². The van der Waals surface area contributed by atoms with Gasteiger partial charge in [-0.1, -0.05) is 18.2 Å². The molecule has 6 nitrogen and oxygen atoms in total. The smallest absolute Gasteiger partial charge is 0.256 e. The summed E-state index contributed by atoms with van der Waals surface area (Å²) in [6.07, 6.45) is -0.0959.